The zero-order valence-electron chi connectivity index (χ0n) is 12.4. The predicted molar refractivity (Wildman–Crippen MR) is 83.7 cm³/mol. The van der Waals surface area contributed by atoms with Crippen LogP contribution in [0, 0.1) is 18.8 Å². The van der Waals surface area contributed by atoms with Gasteiger partial charge in [-0.15, -0.1) is 0 Å². The Morgan fingerprint density at radius 3 is 2.80 bits per heavy atom. The van der Waals surface area contributed by atoms with Crippen molar-refractivity contribution in [3.63, 3.8) is 0 Å². The van der Waals surface area contributed by atoms with Crippen molar-refractivity contribution in [1.29, 1.82) is 0 Å². The van der Waals surface area contributed by atoms with Crippen LogP contribution in [-0.2, 0) is 16.3 Å². The average molecular weight is 295 g/mol. The first-order chi connectivity index (χ1) is 9.50. The van der Waals surface area contributed by atoms with Gasteiger partial charge in [0.1, 0.15) is 0 Å². The first kappa shape index (κ1) is 15.5. The Morgan fingerprint density at radius 1 is 1.40 bits per heavy atom. The molecule has 1 fully saturated rings. The van der Waals surface area contributed by atoms with Crippen LogP contribution in [-0.4, -0.2) is 33.0 Å². The third-order valence-electron chi connectivity index (χ3n) is 4.17. The van der Waals surface area contributed by atoms with E-state index in [1.54, 1.807) is 0 Å². The Labute approximate surface area is 122 Å². The monoisotopic (exact) mass is 295 g/mol. The lowest BCUT2D eigenvalue weighted by Crippen LogP contribution is -2.30. The van der Waals surface area contributed by atoms with Gasteiger partial charge in [0.25, 0.3) is 0 Å². The lowest BCUT2D eigenvalue weighted by molar-refractivity contribution is 0.346. The summed E-state index contributed by atoms with van der Waals surface area (Å²) in [5, 5.41) is 3.39. The topological polar surface area (TPSA) is 46.2 Å². The molecule has 2 atom stereocenters. The molecule has 1 N–H and O–H groups in total. The van der Waals surface area contributed by atoms with Gasteiger partial charge in [0.2, 0.25) is 0 Å². The quantitative estimate of drug-likeness (QED) is 0.875. The van der Waals surface area contributed by atoms with Crippen LogP contribution in [0.3, 0.4) is 0 Å². The standard InChI is InChI=1S/C16H25NO2S/c1-3-17-11-16(15-7-8-20(18,19)12-15)10-14-6-4-5-13(2)9-14/h4-6,9,15-17H,3,7-8,10-12H2,1-2H3. The summed E-state index contributed by atoms with van der Waals surface area (Å²) in [6.07, 6.45) is 1.79. The van der Waals surface area contributed by atoms with Gasteiger partial charge in [-0.1, -0.05) is 36.8 Å². The SMILES string of the molecule is CCNCC(Cc1cccc(C)c1)C1CCS(=O)(=O)C1. The van der Waals surface area contributed by atoms with E-state index in [4.69, 9.17) is 0 Å². The van der Waals surface area contributed by atoms with Crippen molar-refractivity contribution in [2.45, 2.75) is 26.7 Å². The number of aryl methyl sites for hydroxylation is 1. The number of hydrogen-bond acceptors (Lipinski definition) is 3. The fraction of sp³-hybridized carbons (Fsp3) is 0.625. The summed E-state index contributed by atoms with van der Waals surface area (Å²) in [5.74, 6) is 1.46. The average Bonchev–Trinajstić information content (AvgIpc) is 2.75. The zero-order valence-corrected chi connectivity index (χ0v) is 13.2. The van der Waals surface area contributed by atoms with E-state index in [0.29, 0.717) is 23.3 Å². The molecule has 0 bridgehead atoms. The van der Waals surface area contributed by atoms with Gasteiger partial charge in [0, 0.05) is 0 Å². The van der Waals surface area contributed by atoms with E-state index in [-0.39, 0.29) is 0 Å². The Balaban J connectivity index is 2.07. The van der Waals surface area contributed by atoms with Crippen LogP contribution < -0.4 is 5.32 Å². The molecule has 1 aliphatic rings. The highest BCUT2D eigenvalue weighted by molar-refractivity contribution is 7.91. The van der Waals surface area contributed by atoms with E-state index < -0.39 is 9.84 Å². The third-order valence-corrected chi connectivity index (χ3v) is 5.96. The van der Waals surface area contributed by atoms with Gasteiger partial charge in [-0.3, -0.25) is 0 Å². The molecule has 0 aromatic heterocycles. The Kier molecular flexibility index (Phi) is 5.22. The molecule has 1 heterocycles. The fourth-order valence-electron chi connectivity index (χ4n) is 3.07. The first-order valence-corrected chi connectivity index (χ1v) is 9.29. The number of sulfone groups is 1. The summed E-state index contributed by atoms with van der Waals surface area (Å²) < 4.78 is 23.4. The second-order valence-corrected chi connectivity index (χ2v) is 8.15. The maximum Gasteiger partial charge on any atom is 0.150 e. The number of rotatable bonds is 6. The van der Waals surface area contributed by atoms with E-state index in [1.165, 1.54) is 11.1 Å². The van der Waals surface area contributed by atoms with Crippen molar-refractivity contribution < 1.29 is 8.42 Å². The lowest BCUT2D eigenvalue weighted by atomic mass is 9.86. The molecule has 1 saturated heterocycles. The van der Waals surface area contributed by atoms with E-state index in [2.05, 4.69) is 43.4 Å². The normalized spacial score (nSPS) is 22.8. The Hall–Kier alpha value is -0.870. The molecule has 4 heteroatoms. The summed E-state index contributed by atoms with van der Waals surface area (Å²) in [7, 11) is -2.79. The highest BCUT2D eigenvalue weighted by Crippen LogP contribution is 2.28. The van der Waals surface area contributed by atoms with E-state index >= 15 is 0 Å². The van der Waals surface area contributed by atoms with Gasteiger partial charge in [0.15, 0.2) is 9.84 Å². The van der Waals surface area contributed by atoms with Crippen LogP contribution >= 0.6 is 0 Å². The molecular formula is C16H25NO2S. The van der Waals surface area contributed by atoms with E-state index in [0.717, 1.165) is 25.9 Å². The highest BCUT2D eigenvalue weighted by Gasteiger charge is 2.33. The van der Waals surface area contributed by atoms with Crippen LogP contribution in [0.2, 0.25) is 0 Å². The molecule has 2 rings (SSSR count). The van der Waals surface area contributed by atoms with Crippen molar-refractivity contribution in [3.05, 3.63) is 35.4 Å². The van der Waals surface area contributed by atoms with Gasteiger partial charge < -0.3 is 5.32 Å². The first-order valence-electron chi connectivity index (χ1n) is 7.47. The zero-order chi connectivity index (χ0) is 14.6. The van der Waals surface area contributed by atoms with Crippen LogP contribution in [0.5, 0.6) is 0 Å². The Morgan fingerprint density at radius 2 is 2.20 bits per heavy atom. The van der Waals surface area contributed by atoms with Gasteiger partial charge in [-0.2, -0.15) is 0 Å². The smallest absolute Gasteiger partial charge is 0.150 e. The third kappa shape index (κ3) is 4.32. The van der Waals surface area contributed by atoms with Crippen LogP contribution in [0.4, 0.5) is 0 Å². The highest BCUT2D eigenvalue weighted by atomic mass is 32.2. The molecule has 20 heavy (non-hydrogen) atoms. The minimum atomic E-state index is -2.79. The number of hydrogen-bond donors (Lipinski definition) is 1. The van der Waals surface area contributed by atoms with Gasteiger partial charge in [-0.05, 0) is 50.3 Å². The molecule has 1 aliphatic heterocycles. The molecule has 2 unspecified atom stereocenters. The van der Waals surface area contributed by atoms with Crippen molar-refractivity contribution in [2.24, 2.45) is 11.8 Å². The molecule has 0 aliphatic carbocycles. The van der Waals surface area contributed by atoms with Crippen molar-refractivity contribution in [1.82, 2.24) is 5.32 Å². The van der Waals surface area contributed by atoms with Gasteiger partial charge in [-0.25, -0.2) is 8.42 Å². The summed E-state index contributed by atoms with van der Waals surface area (Å²) in [4.78, 5) is 0. The summed E-state index contributed by atoms with van der Waals surface area (Å²) >= 11 is 0. The summed E-state index contributed by atoms with van der Waals surface area (Å²) in [6.45, 7) is 6.03. The summed E-state index contributed by atoms with van der Waals surface area (Å²) in [6, 6.07) is 8.54. The van der Waals surface area contributed by atoms with E-state index in [1.807, 2.05) is 0 Å². The number of nitrogens with one attached hydrogen (secondary N) is 1. The molecule has 112 valence electrons. The molecule has 0 radical (unpaired) electrons. The molecular weight excluding hydrogens is 270 g/mol. The predicted octanol–water partition coefficient (Wildman–Crippen LogP) is 2.20. The minimum Gasteiger partial charge on any atom is -0.317 e. The molecule has 3 nitrogen and oxygen atoms in total. The Bertz CT molecular complexity index is 539. The lowest BCUT2D eigenvalue weighted by Gasteiger charge is -2.23. The van der Waals surface area contributed by atoms with Gasteiger partial charge >= 0.3 is 0 Å². The minimum absolute atomic E-state index is 0.305. The second kappa shape index (κ2) is 6.72. The molecule has 0 spiro atoms. The fourth-order valence-corrected chi connectivity index (χ4v) is 4.99. The largest absolute Gasteiger partial charge is 0.317 e. The summed E-state index contributed by atoms with van der Waals surface area (Å²) in [5.41, 5.74) is 2.58. The maximum atomic E-state index is 11.7. The van der Waals surface area contributed by atoms with E-state index in [9.17, 15) is 8.42 Å². The maximum absolute atomic E-state index is 11.7. The number of benzene rings is 1. The van der Waals surface area contributed by atoms with Crippen molar-refractivity contribution in [3.8, 4) is 0 Å². The molecule has 1 aromatic rings. The van der Waals surface area contributed by atoms with Crippen LogP contribution in [0.25, 0.3) is 0 Å². The molecule has 0 saturated carbocycles. The molecule has 1 aromatic carbocycles. The van der Waals surface area contributed by atoms with Crippen molar-refractivity contribution >= 4 is 9.84 Å². The second-order valence-electron chi connectivity index (χ2n) is 5.92. The van der Waals surface area contributed by atoms with Crippen LogP contribution in [0.1, 0.15) is 24.5 Å². The van der Waals surface area contributed by atoms with Crippen LogP contribution in [0.15, 0.2) is 24.3 Å². The van der Waals surface area contributed by atoms with Crippen molar-refractivity contribution in [2.75, 3.05) is 24.6 Å². The van der Waals surface area contributed by atoms with Gasteiger partial charge in [0.05, 0.1) is 11.5 Å². The molecule has 0 amide bonds.